The first-order chi connectivity index (χ1) is 4.22. The van der Waals surface area contributed by atoms with Gasteiger partial charge in [0.25, 0.3) is 0 Å². The van der Waals surface area contributed by atoms with Gasteiger partial charge >= 0.3 is 5.97 Å². The summed E-state index contributed by atoms with van der Waals surface area (Å²) in [4.78, 5) is 10.3. The molecule has 1 atom stereocenters. The normalized spacial score (nSPS) is 11.5. The fourth-order valence-corrected chi connectivity index (χ4v) is 0.313. The zero-order valence-corrected chi connectivity index (χ0v) is 5.70. The molecule has 62 valence electrons. The summed E-state index contributed by atoms with van der Waals surface area (Å²) in [6.07, 6.45) is -1.38. The fraction of sp³-hybridized carbons (Fsp3) is 0.800. The van der Waals surface area contributed by atoms with Crippen LogP contribution in [0.3, 0.4) is 0 Å². The van der Waals surface area contributed by atoms with Gasteiger partial charge in [0.2, 0.25) is 0 Å². The van der Waals surface area contributed by atoms with Crippen molar-refractivity contribution >= 4 is 5.97 Å². The second-order valence-corrected chi connectivity index (χ2v) is 1.45. The van der Waals surface area contributed by atoms with Gasteiger partial charge in [-0.15, -0.1) is 0 Å². The Morgan fingerprint density at radius 2 is 2.20 bits per heavy atom. The van der Waals surface area contributed by atoms with Gasteiger partial charge in [-0.05, 0) is 6.92 Å². The summed E-state index contributed by atoms with van der Waals surface area (Å²) >= 11 is 0. The average Bonchev–Trinajstić information content (AvgIpc) is 1.87. The van der Waals surface area contributed by atoms with E-state index in [1.54, 1.807) is 6.92 Å². The topological polar surface area (TPSA) is 98.3 Å². The molecule has 0 bridgehead atoms. The zero-order valence-electron chi connectivity index (χ0n) is 5.70. The average molecular weight is 152 g/mol. The number of ether oxygens (including phenoxy) is 1. The second kappa shape index (κ2) is 6.47. The Hall–Kier alpha value is -0.650. The first-order valence-corrected chi connectivity index (χ1v) is 2.68. The standard InChI is InChI=1S/C5H10O4.H2O/c1-2-9-5(8)4(7)3-6;/h4,6-7H,2-3H2,1H3;1H2. The van der Waals surface area contributed by atoms with Crippen LogP contribution in [0.15, 0.2) is 0 Å². The molecule has 4 N–H and O–H groups in total. The van der Waals surface area contributed by atoms with Crippen LogP contribution in [0.25, 0.3) is 0 Å². The summed E-state index contributed by atoms with van der Waals surface area (Å²) in [6, 6.07) is 0. The van der Waals surface area contributed by atoms with Gasteiger partial charge in [-0.2, -0.15) is 0 Å². The van der Waals surface area contributed by atoms with Crippen LogP contribution in [0, 0.1) is 0 Å². The number of rotatable bonds is 3. The smallest absolute Gasteiger partial charge is 0.337 e. The molecule has 0 amide bonds. The highest BCUT2D eigenvalue weighted by Crippen LogP contribution is 1.85. The Morgan fingerprint density at radius 3 is 2.50 bits per heavy atom. The molecule has 0 heterocycles. The van der Waals surface area contributed by atoms with Crippen molar-refractivity contribution in [1.82, 2.24) is 0 Å². The van der Waals surface area contributed by atoms with Crippen LogP contribution in [0.4, 0.5) is 0 Å². The molecule has 0 aromatic heterocycles. The molecule has 0 aromatic carbocycles. The Labute approximate surface area is 58.5 Å². The van der Waals surface area contributed by atoms with Gasteiger partial charge in [0.1, 0.15) is 0 Å². The Kier molecular flexibility index (Phi) is 7.81. The number of carbonyl (C=O) groups excluding carboxylic acids is 1. The molecule has 0 saturated heterocycles. The van der Waals surface area contributed by atoms with Crippen molar-refractivity contribution in [1.29, 1.82) is 0 Å². The third-order valence-corrected chi connectivity index (χ3v) is 0.732. The predicted octanol–water partition coefficient (Wildman–Crippen LogP) is -1.92. The summed E-state index contributed by atoms with van der Waals surface area (Å²) in [5, 5.41) is 16.7. The molecule has 5 heteroatoms. The number of aliphatic hydroxyl groups is 2. The Bertz CT molecular complexity index is 92.0. The quantitative estimate of drug-likeness (QED) is 0.460. The van der Waals surface area contributed by atoms with Crippen LogP contribution in [-0.2, 0) is 9.53 Å². The lowest BCUT2D eigenvalue weighted by atomic mass is 10.4. The molecular formula is C5H12O5. The summed E-state index contributed by atoms with van der Waals surface area (Å²) < 4.78 is 4.35. The lowest BCUT2D eigenvalue weighted by Gasteiger charge is -2.04. The minimum atomic E-state index is -1.38. The van der Waals surface area contributed by atoms with Crippen molar-refractivity contribution < 1.29 is 25.2 Å². The highest BCUT2D eigenvalue weighted by molar-refractivity contribution is 5.74. The molecule has 0 spiro atoms. The van der Waals surface area contributed by atoms with E-state index in [0.717, 1.165) is 0 Å². The van der Waals surface area contributed by atoms with Gasteiger partial charge in [-0.1, -0.05) is 0 Å². The molecule has 0 saturated carbocycles. The number of aliphatic hydroxyl groups excluding tert-OH is 2. The SMILES string of the molecule is CCOC(=O)C(O)CO.O. The lowest BCUT2D eigenvalue weighted by molar-refractivity contribution is -0.154. The number of esters is 1. The molecule has 0 fully saturated rings. The van der Waals surface area contributed by atoms with Crippen LogP contribution in [-0.4, -0.2) is 41.0 Å². The van der Waals surface area contributed by atoms with Crippen LogP contribution < -0.4 is 0 Å². The van der Waals surface area contributed by atoms with Crippen molar-refractivity contribution in [2.75, 3.05) is 13.2 Å². The maximum absolute atomic E-state index is 10.3. The molecule has 1 unspecified atom stereocenters. The highest BCUT2D eigenvalue weighted by Gasteiger charge is 2.13. The summed E-state index contributed by atoms with van der Waals surface area (Å²) in [5.41, 5.74) is 0. The van der Waals surface area contributed by atoms with Crippen LogP contribution in [0.1, 0.15) is 6.92 Å². The fourth-order valence-electron chi connectivity index (χ4n) is 0.313. The van der Waals surface area contributed by atoms with Gasteiger partial charge in [-0.25, -0.2) is 4.79 Å². The molecular weight excluding hydrogens is 140 g/mol. The van der Waals surface area contributed by atoms with E-state index in [-0.39, 0.29) is 12.1 Å². The monoisotopic (exact) mass is 152 g/mol. The summed E-state index contributed by atoms with van der Waals surface area (Å²) in [7, 11) is 0. The highest BCUT2D eigenvalue weighted by atomic mass is 16.5. The zero-order chi connectivity index (χ0) is 7.28. The van der Waals surface area contributed by atoms with E-state index in [1.807, 2.05) is 0 Å². The number of carbonyl (C=O) groups is 1. The maximum Gasteiger partial charge on any atom is 0.337 e. The van der Waals surface area contributed by atoms with Crippen LogP contribution >= 0.6 is 0 Å². The van der Waals surface area contributed by atoms with E-state index in [0.29, 0.717) is 0 Å². The first-order valence-electron chi connectivity index (χ1n) is 2.68. The van der Waals surface area contributed by atoms with Gasteiger partial charge in [0, 0.05) is 0 Å². The van der Waals surface area contributed by atoms with E-state index >= 15 is 0 Å². The van der Waals surface area contributed by atoms with Gasteiger partial charge in [0.15, 0.2) is 6.10 Å². The van der Waals surface area contributed by atoms with E-state index in [4.69, 9.17) is 10.2 Å². The second-order valence-electron chi connectivity index (χ2n) is 1.45. The molecule has 0 aliphatic carbocycles. The molecule has 0 aromatic rings. The molecule has 0 radical (unpaired) electrons. The van der Waals surface area contributed by atoms with Gasteiger partial charge < -0.3 is 20.4 Å². The summed E-state index contributed by atoms with van der Waals surface area (Å²) in [6.45, 7) is 1.26. The van der Waals surface area contributed by atoms with E-state index in [2.05, 4.69) is 4.74 Å². The molecule has 0 aliphatic rings. The largest absolute Gasteiger partial charge is 0.464 e. The lowest BCUT2D eigenvalue weighted by Crippen LogP contribution is -2.26. The Morgan fingerprint density at radius 1 is 1.70 bits per heavy atom. The van der Waals surface area contributed by atoms with Gasteiger partial charge in [0.05, 0.1) is 13.2 Å². The van der Waals surface area contributed by atoms with Crippen molar-refractivity contribution in [2.45, 2.75) is 13.0 Å². The van der Waals surface area contributed by atoms with Crippen LogP contribution in [0.2, 0.25) is 0 Å². The molecule has 0 aliphatic heterocycles. The predicted molar refractivity (Wildman–Crippen MR) is 33.3 cm³/mol. The molecule has 5 nitrogen and oxygen atoms in total. The Balaban J connectivity index is 0. The number of hydrogen-bond donors (Lipinski definition) is 2. The summed E-state index contributed by atoms with van der Waals surface area (Å²) in [5.74, 6) is -0.778. The van der Waals surface area contributed by atoms with E-state index in [1.165, 1.54) is 0 Å². The third kappa shape index (κ3) is 4.25. The van der Waals surface area contributed by atoms with Crippen molar-refractivity contribution in [3.8, 4) is 0 Å². The van der Waals surface area contributed by atoms with Gasteiger partial charge in [-0.3, -0.25) is 0 Å². The van der Waals surface area contributed by atoms with E-state index < -0.39 is 18.7 Å². The van der Waals surface area contributed by atoms with E-state index in [9.17, 15) is 4.79 Å². The third-order valence-electron chi connectivity index (χ3n) is 0.732. The molecule has 10 heavy (non-hydrogen) atoms. The minimum absolute atomic E-state index is 0. The number of hydrogen-bond acceptors (Lipinski definition) is 4. The van der Waals surface area contributed by atoms with Crippen molar-refractivity contribution in [2.24, 2.45) is 0 Å². The van der Waals surface area contributed by atoms with Crippen LogP contribution in [0.5, 0.6) is 0 Å². The minimum Gasteiger partial charge on any atom is -0.464 e. The van der Waals surface area contributed by atoms with Crippen molar-refractivity contribution in [3.63, 3.8) is 0 Å². The molecule has 0 rings (SSSR count). The van der Waals surface area contributed by atoms with Crippen molar-refractivity contribution in [3.05, 3.63) is 0 Å². The maximum atomic E-state index is 10.3. The first kappa shape index (κ1) is 12.1.